The topological polar surface area (TPSA) is 49.8 Å². The maximum absolute atomic E-state index is 12.3. The number of nitrogens with zero attached hydrogens (tertiary/aromatic N) is 1. The van der Waals surface area contributed by atoms with Gasteiger partial charge in [-0.2, -0.15) is 0 Å². The van der Waals surface area contributed by atoms with E-state index in [1.807, 2.05) is 44.2 Å². The van der Waals surface area contributed by atoms with E-state index < -0.39 is 5.72 Å². The monoisotopic (exact) mass is 281 g/mol. The van der Waals surface area contributed by atoms with E-state index in [1.54, 1.807) is 4.90 Å². The number of hydrogen-bond donors (Lipinski definition) is 1. The van der Waals surface area contributed by atoms with Gasteiger partial charge in [0.1, 0.15) is 5.72 Å². The van der Waals surface area contributed by atoms with Gasteiger partial charge >= 0.3 is 0 Å². The van der Waals surface area contributed by atoms with Crippen molar-refractivity contribution in [1.82, 2.24) is 4.90 Å². The average molecular weight is 281 g/mol. The van der Waals surface area contributed by atoms with E-state index in [4.69, 9.17) is 4.74 Å². The molecule has 0 saturated carbocycles. The number of carbonyl (C=O) groups excluding carboxylic acids is 1. The Labute approximate surface area is 117 Å². The molecule has 0 spiro atoms. The number of hydrogen-bond acceptors (Lipinski definition) is 4. The molecule has 19 heavy (non-hydrogen) atoms. The minimum Gasteiger partial charge on any atom is -0.394 e. The van der Waals surface area contributed by atoms with Crippen molar-refractivity contribution in [2.75, 3.05) is 19.0 Å². The van der Waals surface area contributed by atoms with Crippen LogP contribution < -0.4 is 0 Å². The lowest BCUT2D eigenvalue weighted by Gasteiger charge is -2.33. The van der Waals surface area contributed by atoms with Crippen molar-refractivity contribution in [1.29, 1.82) is 0 Å². The minimum absolute atomic E-state index is 0.00426. The van der Waals surface area contributed by atoms with E-state index in [0.717, 1.165) is 4.90 Å². The Bertz CT molecular complexity index is 436. The summed E-state index contributed by atoms with van der Waals surface area (Å²) in [6, 6.07) is 9.57. The zero-order valence-electron chi connectivity index (χ0n) is 11.2. The molecule has 1 atom stereocenters. The molecule has 5 heteroatoms. The second kappa shape index (κ2) is 5.94. The fourth-order valence-electron chi connectivity index (χ4n) is 2.25. The molecule has 104 valence electrons. The summed E-state index contributed by atoms with van der Waals surface area (Å²) in [6.45, 7) is 4.04. The third kappa shape index (κ3) is 3.29. The molecule has 4 nitrogen and oxygen atoms in total. The third-order valence-electron chi connectivity index (χ3n) is 3.16. The summed E-state index contributed by atoms with van der Waals surface area (Å²) in [7, 11) is 0. The number of ether oxygens (including phenoxy) is 1. The van der Waals surface area contributed by atoms with Gasteiger partial charge in [-0.1, -0.05) is 18.2 Å². The summed E-state index contributed by atoms with van der Waals surface area (Å²) in [6.07, 6.45) is 0. The van der Waals surface area contributed by atoms with Crippen LogP contribution >= 0.6 is 11.8 Å². The van der Waals surface area contributed by atoms with Crippen LogP contribution in [0.2, 0.25) is 0 Å². The van der Waals surface area contributed by atoms with E-state index in [-0.39, 0.29) is 18.6 Å². The summed E-state index contributed by atoms with van der Waals surface area (Å²) in [5, 5.41) is 9.32. The predicted octanol–water partition coefficient (Wildman–Crippen LogP) is 1.73. The average Bonchev–Trinajstić information content (AvgIpc) is 2.72. The number of aliphatic hydroxyl groups excluding tert-OH is 1. The first kappa shape index (κ1) is 14.4. The van der Waals surface area contributed by atoms with E-state index in [1.165, 1.54) is 11.8 Å². The zero-order valence-corrected chi connectivity index (χ0v) is 12.0. The maximum Gasteiger partial charge on any atom is 0.235 e. The fourth-order valence-corrected chi connectivity index (χ4v) is 3.03. The normalized spacial score (nSPS) is 21.6. The number of rotatable bonds is 4. The minimum atomic E-state index is -0.637. The molecule has 0 radical (unpaired) electrons. The second-order valence-electron chi connectivity index (χ2n) is 4.96. The number of carbonyl (C=O) groups is 1. The van der Waals surface area contributed by atoms with Crippen LogP contribution in [0.15, 0.2) is 35.2 Å². The standard InChI is InChI=1S/C14H19NO3S/c1-14(2)15(11(8-16)9-18-14)13(17)10-19-12-6-4-3-5-7-12/h3-7,11,16H,8-10H2,1-2H3/t11-/m1/s1. The van der Waals surface area contributed by atoms with Crippen LogP contribution in [-0.4, -0.2) is 46.6 Å². The van der Waals surface area contributed by atoms with Crippen LogP contribution in [0.1, 0.15) is 13.8 Å². The highest BCUT2D eigenvalue weighted by Gasteiger charge is 2.42. The number of aliphatic hydroxyl groups is 1. The van der Waals surface area contributed by atoms with Gasteiger partial charge in [0.15, 0.2) is 0 Å². The zero-order chi connectivity index (χ0) is 13.9. The molecule has 1 aromatic carbocycles. The Balaban J connectivity index is 1.99. The van der Waals surface area contributed by atoms with Gasteiger partial charge in [-0.25, -0.2) is 0 Å². The highest BCUT2D eigenvalue weighted by molar-refractivity contribution is 8.00. The van der Waals surface area contributed by atoms with Crippen LogP contribution in [0.25, 0.3) is 0 Å². The Morgan fingerprint density at radius 2 is 2.16 bits per heavy atom. The van der Waals surface area contributed by atoms with Crippen molar-refractivity contribution < 1.29 is 14.6 Å². The number of benzene rings is 1. The second-order valence-corrected chi connectivity index (χ2v) is 6.01. The van der Waals surface area contributed by atoms with Gasteiger partial charge in [0.2, 0.25) is 5.91 Å². The largest absolute Gasteiger partial charge is 0.394 e. The fraction of sp³-hybridized carbons (Fsp3) is 0.500. The first-order valence-electron chi connectivity index (χ1n) is 6.29. The predicted molar refractivity (Wildman–Crippen MR) is 74.9 cm³/mol. The van der Waals surface area contributed by atoms with Crippen LogP contribution in [0, 0.1) is 0 Å². The van der Waals surface area contributed by atoms with Gasteiger partial charge in [0, 0.05) is 4.90 Å². The Hall–Kier alpha value is -1.04. The lowest BCUT2D eigenvalue weighted by Crippen LogP contribution is -2.49. The molecule has 0 unspecified atom stereocenters. The smallest absolute Gasteiger partial charge is 0.235 e. The van der Waals surface area contributed by atoms with E-state index in [2.05, 4.69) is 0 Å². The Kier molecular flexibility index (Phi) is 4.50. The molecule has 0 aromatic heterocycles. The van der Waals surface area contributed by atoms with E-state index >= 15 is 0 Å². The maximum atomic E-state index is 12.3. The third-order valence-corrected chi connectivity index (χ3v) is 4.16. The van der Waals surface area contributed by atoms with Gasteiger partial charge in [-0.15, -0.1) is 11.8 Å². The Morgan fingerprint density at radius 1 is 1.47 bits per heavy atom. The van der Waals surface area contributed by atoms with Crippen molar-refractivity contribution in [3.63, 3.8) is 0 Å². The highest BCUT2D eigenvalue weighted by atomic mass is 32.2. The molecule has 0 aliphatic carbocycles. The van der Waals surface area contributed by atoms with Crippen LogP contribution in [0.4, 0.5) is 0 Å². The lowest BCUT2D eigenvalue weighted by molar-refractivity contribution is -0.143. The summed E-state index contributed by atoms with van der Waals surface area (Å²) in [5.74, 6) is 0.350. The van der Waals surface area contributed by atoms with Gasteiger partial charge in [-0.3, -0.25) is 4.79 Å². The molecular formula is C14H19NO3S. The number of thioether (sulfide) groups is 1. The molecular weight excluding hydrogens is 262 g/mol. The molecule has 1 aliphatic heterocycles. The van der Waals surface area contributed by atoms with E-state index in [0.29, 0.717) is 12.4 Å². The molecule has 1 amide bonds. The number of amides is 1. The molecule has 1 aliphatic rings. The first-order chi connectivity index (χ1) is 9.04. The molecule has 1 aromatic rings. The molecule has 0 bridgehead atoms. The van der Waals surface area contributed by atoms with Crippen molar-refractivity contribution in [3.8, 4) is 0 Å². The molecule has 1 fully saturated rings. The summed E-state index contributed by atoms with van der Waals surface area (Å²) < 4.78 is 5.57. The molecule has 1 saturated heterocycles. The van der Waals surface area contributed by atoms with Crippen LogP contribution in [0.5, 0.6) is 0 Å². The Morgan fingerprint density at radius 3 is 2.79 bits per heavy atom. The molecule has 2 rings (SSSR count). The van der Waals surface area contributed by atoms with Gasteiger partial charge < -0.3 is 14.7 Å². The van der Waals surface area contributed by atoms with Crippen molar-refractivity contribution in [2.45, 2.75) is 30.5 Å². The summed E-state index contributed by atoms with van der Waals surface area (Å²) in [5.41, 5.74) is -0.637. The van der Waals surface area contributed by atoms with Crippen molar-refractivity contribution in [3.05, 3.63) is 30.3 Å². The van der Waals surface area contributed by atoms with Crippen LogP contribution in [0.3, 0.4) is 0 Å². The van der Waals surface area contributed by atoms with E-state index in [9.17, 15) is 9.90 Å². The molecule has 1 heterocycles. The van der Waals surface area contributed by atoms with Crippen LogP contribution in [-0.2, 0) is 9.53 Å². The first-order valence-corrected chi connectivity index (χ1v) is 7.28. The van der Waals surface area contributed by atoms with Gasteiger partial charge in [0.25, 0.3) is 0 Å². The summed E-state index contributed by atoms with van der Waals surface area (Å²) in [4.78, 5) is 15.0. The van der Waals surface area contributed by atoms with Crippen molar-refractivity contribution in [2.24, 2.45) is 0 Å². The van der Waals surface area contributed by atoms with Gasteiger partial charge in [0.05, 0.1) is 25.0 Å². The van der Waals surface area contributed by atoms with Crippen molar-refractivity contribution >= 4 is 17.7 Å². The summed E-state index contributed by atoms with van der Waals surface area (Å²) >= 11 is 1.50. The quantitative estimate of drug-likeness (QED) is 0.854. The SMILES string of the molecule is CC1(C)OC[C@@H](CO)N1C(=O)CSc1ccccc1. The van der Waals surface area contributed by atoms with Gasteiger partial charge in [-0.05, 0) is 26.0 Å². The lowest BCUT2D eigenvalue weighted by atomic mass is 10.2. The highest BCUT2D eigenvalue weighted by Crippen LogP contribution is 2.28. The molecule has 1 N–H and O–H groups in total.